The molecule has 0 aromatic heterocycles. The van der Waals surface area contributed by atoms with Gasteiger partial charge in [0, 0.05) is 48.8 Å². The molecular weight excluding hydrogens is 350 g/mol. The molecule has 0 unspecified atom stereocenters. The topological polar surface area (TPSA) is 93.0 Å². The summed E-state index contributed by atoms with van der Waals surface area (Å²) in [6, 6.07) is 7.61. The number of rotatable bonds is 5. The first-order valence-corrected chi connectivity index (χ1v) is 8.94. The Morgan fingerprint density at radius 1 is 1.00 bits per heavy atom. The number of nitrogens with zero attached hydrogens (tertiary/aromatic N) is 3. The second kappa shape index (κ2) is 7.05. The van der Waals surface area contributed by atoms with Crippen LogP contribution in [0.2, 0.25) is 0 Å². The first kappa shape index (κ1) is 17.6. The highest BCUT2D eigenvalue weighted by Crippen LogP contribution is 2.35. The van der Waals surface area contributed by atoms with Crippen LogP contribution in [0.15, 0.2) is 30.3 Å². The molecular formula is C19H19N3O5. The molecule has 0 bridgehead atoms. The summed E-state index contributed by atoms with van der Waals surface area (Å²) in [6.45, 7) is 4.23. The fourth-order valence-corrected chi connectivity index (χ4v) is 3.77. The van der Waals surface area contributed by atoms with Crippen molar-refractivity contribution < 1.29 is 19.2 Å². The van der Waals surface area contributed by atoms with E-state index in [9.17, 15) is 19.7 Å². The van der Waals surface area contributed by atoms with Crippen molar-refractivity contribution in [1.82, 2.24) is 9.80 Å². The average Bonchev–Trinajstić information content (AvgIpc) is 2.69. The van der Waals surface area contributed by atoms with E-state index < -0.39 is 4.92 Å². The van der Waals surface area contributed by atoms with E-state index in [1.165, 1.54) is 17.0 Å². The van der Waals surface area contributed by atoms with Gasteiger partial charge in [0.15, 0.2) is 0 Å². The standard InChI is InChI=1S/C19H19N3O5/c23-18-14-4-1-3-13-16(22(25)26)6-5-15(17(13)14)19(24)21(18)8-2-7-20-9-11-27-12-10-20/h1,3-6H,2,7-12H2. The van der Waals surface area contributed by atoms with E-state index in [2.05, 4.69) is 4.90 Å². The van der Waals surface area contributed by atoms with Gasteiger partial charge in [-0.05, 0) is 24.6 Å². The molecule has 0 aliphatic carbocycles. The summed E-state index contributed by atoms with van der Waals surface area (Å²) in [5.41, 5.74) is 0.589. The van der Waals surface area contributed by atoms with Crippen molar-refractivity contribution in [2.75, 3.05) is 39.4 Å². The molecule has 0 atom stereocenters. The molecule has 0 N–H and O–H groups in total. The highest BCUT2D eigenvalue weighted by atomic mass is 16.6. The Hall–Kier alpha value is -2.84. The second-order valence-corrected chi connectivity index (χ2v) is 6.69. The van der Waals surface area contributed by atoms with E-state index in [-0.39, 0.29) is 17.5 Å². The van der Waals surface area contributed by atoms with Crippen LogP contribution in [0.3, 0.4) is 0 Å². The lowest BCUT2D eigenvalue weighted by atomic mass is 9.93. The molecule has 2 aliphatic heterocycles. The maximum absolute atomic E-state index is 12.9. The van der Waals surface area contributed by atoms with Crippen LogP contribution < -0.4 is 0 Å². The number of carbonyl (C=O) groups excluding carboxylic acids is 2. The molecule has 27 heavy (non-hydrogen) atoms. The highest BCUT2D eigenvalue weighted by molar-refractivity contribution is 6.26. The number of ether oxygens (including phenoxy) is 1. The Balaban J connectivity index is 1.60. The van der Waals surface area contributed by atoms with E-state index in [1.807, 2.05) is 0 Å². The third kappa shape index (κ3) is 3.07. The molecule has 0 spiro atoms. The predicted octanol–water partition coefficient (Wildman–Crippen LogP) is 2.07. The molecule has 4 rings (SSSR count). The molecule has 8 heteroatoms. The maximum atomic E-state index is 12.9. The number of amides is 2. The average molecular weight is 369 g/mol. The van der Waals surface area contributed by atoms with Crippen LogP contribution in [-0.2, 0) is 4.74 Å². The van der Waals surface area contributed by atoms with Crippen molar-refractivity contribution in [2.24, 2.45) is 0 Å². The molecule has 2 heterocycles. The van der Waals surface area contributed by atoms with Gasteiger partial charge in [0.05, 0.1) is 23.5 Å². The summed E-state index contributed by atoms with van der Waals surface area (Å²) in [6.07, 6.45) is 0.676. The third-order valence-corrected chi connectivity index (χ3v) is 5.13. The lowest BCUT2D eigenvalue weighted by molar-refractivity contribution is -0.383. The Morgan fingerprint density at radius 3 is 2.41 bits per heavy atom. The molecule has 1 fully saturated rings. The Kier molecular flexibility index (Phi) is 4.59. The van der Waals surface area contributed by atoms with Gasteiger partial charge in [0.25, 0.3) is 17.5 Å². The molecule has 2 aromatic carbocycles. The second-order valence-electron chi connectivity index (χ2n) is 6.69. The summed E-state index contributed by atoms with van der Waals surface area (Å²) in [4.78, 5) is 40.0. The first-order chi connectivity index (χ1) is 13.1. The van der Waals surface area contributed by atoms with Gasteiger partial charge in [-0.25, -0.2) is 0 Å². The van der Waals surface area contributed by atoms with Crippen molar-refractivity contribution in [3.8, 4) is 0 Å². The number of nitro groups is 1. The SMILES string of the molecule is O=C1c2cccc3c([N+](=O)[O-])ccc(c23)C(=O)N1CCCN1CCOCC1. The van der Waals surface area contributed by atoms with E-state index in [0.717, 1.165) is 19.6 Å². The van der Waals surface area contributed by atoms with Gasteiger partial charge in [-0.2, -0.15) is 0 Å². The van der Waals surface area contributed by atoms with E-state index in [1.54, 1.807) is 18.2 Å². The van der Waals surface area contributed by atoms with Crippen molar-refractivity contribution >= 4 is 28.3 Å². The molecule has 0 saturated carbocycles. The normalized spacial score (nSPS) is 17.6. The van der Waals surface area contributed by atoms with Gasteiger partial charge < -0.3 is 4.74 Å². The van der Waals surface area contributed by atoms with Gasteiger partial charge in [-0.1, -0.05) is 6.07 Å². The van der Waals surface area contributed by atoms with Crippen molar-refractivity contribution in [1.29, 1.82) is 0 Å². The number of nitro benzene ring substituents is 1. The van der Waals surface area contributed by atoms with Gasteiger partial charge in [0.1, 0.15) is 0 Å². The number of carbonyl (C=O) groups is 2. The fourth-order valence-electron chi connectivity index (χ4n) is 3.77. The van der Waals surface area contributed by atoms with Crippen molar-refractivity contribution in [3.63, 3.8) is 0 Å². The van der Waals surface area contributed by atoms with Gasteiger partial charge >= 0.3 is 0 Å². The summed E-state index contributed by atoms with van der Waals surface area (Å²) in [5, 5.41) is 12.0. The molecule has 0 radical (unpaired) electrons. The number of non-ortho nitro benzene ring substituents is 1. The molecule has 2 amide bonds. The largest absolute Gasteiger partial charge is 0.379 e. The highest BCUT2D eigenvalue weighted by Gasteiger charge is 2.34. The molecule has 1 saturated heterocycles. The van der Waals surface area contributed by atoms with Gasteiger partial charge in [-0.15, -0.1) is 0 Å². The van der Waals surface area contributed by atoms with E-state index in [4.69, 9.17) is 4.74 Å². The Labute approximate surface area is 155 Å². The molecule has 140 valence electrons. The van der Waals surface area contributed by atoms with Crippen LogP contribution in [0.25, 0.3) is 10.8 Å². The lowest BCUT2D eigenvalue weighted by Crippen LogP contribution is -2.43. The fraction of sp³-hybridized carbons (Fsp3) is 0.368. The Morgan fingerprint density at radius 2 is 1.70 bits per heavy atom. The minimum Gasteiger partial charge on any atom is -0.379 e. The lowest BCUT2D eigenvalue weighted by Gasteiger charge is -2.29. The quantitative estimate of drug-likeness (QED) is 0.455. The summed E-state index contributed by atoms with van der Waals surface area (Å²) in [5.74, 6) is -0.777. The zero-order valence-electron chi connectivity index (χ0n) is 14.7. The van der Waals surface area contributed by atoms with E-state index in [0.29, 0.717) is 48.1 Å². The summed E-state index contributed by atoms with van der Waals surface area (Å²) < 4.78 is 5.32. The van der Waals surface area contributed by atoms with Crippen LogP contribution in [0.5, 0.6) is 0 Å². The smallest absolute Gasteiger partial charge is 0.277 e. The first-order valence-electron chi connectivity index (χ1n) is 8.94. The summed E-state index contributed by atoms with van der Waals surface area (Å²) in [7, 11) is 0. The number of hydrogen-bond acceptors (Lipinski definition) is 6. The summed E-state index contributed by atoms with van der Waals surface area (Å²) >= 11 is 0. The van der Waals surface area contributed by atoms with Gasteiger partial charge in [-0.3, -0.25) is 29.5 Å². The van der Waals surface area contributed by atoms with Crippen LogP contribution >= 0.6 is 0 Å². The number of hydrogen-bond donors (Lipinski definition) is 0. The third-order valence-electron chi connectivity index (χ3n) is 5.13. The number of benzene rings is 2. The van der Waals surface area contributed by atoms with Crippen molar-refractivity contribution in [3.05, 3.63) is 51.6 Å². The van der Waals surface area contributed by atoms with E-state index >= 15 is 0 Å². The molecule has 8 nitrogen and oxygen atoms in total. The van der Waals surface area contributed by atoms with Crippen molar-refractivity contribution in [2.45, 2.75) is 6.42 Å². The number of imide groups is 1. The zero-order chi connectivity index (χ0) is 19.0. The zero-order valence-corrected chi connectivity index (χ0v) is 14.7. The monoisotopic (exact) mass is 369 g/mol. The van der Waals surface area contributed by atoms with Crippen LogP contribution in [0, 0.1) is 10.1 Å². The molecule has 2 aliphatic rings. The minimum absolute atomic E-state index is 0.100. The minimum atomic E-state index is -0.493. The van der Waals surface area contributed by atoms with Crippen LogP contribution in [-0.4, -0.2) is 65.9 Å². The maximum Gasteiger partial charge on any atom is 0.277 e. The van der Waals surface area contributed by atoms with Crippen LogP contribution in [0.4, 0.5) is 5.69 Å². The predicted molar refractivity (Wildman–Crippen MR) is 97.8 cm³/mol. The number of morpholine rings is 1. The Bertz CT molecular complexity index is 914. The van der Waals surface area contributed by atoms with Gasteiger partial charge in [0.2, 0.25) is 0 Å². The molecule has 2 aromatic rings. The van der Waals surface area contributed by atoms with Crippen LogP contribution in [0.1, 0.15) is 27.1 Å².